The molecule has 0 aliphatic rings. The van der Waals surface area contributed by atoms with Crippen LogP contribution in [0.5, 0.6) is 5.75 Å². The molecule has 25 heavy (non-hydrogen) atoms. The number of carbonyl (C=O) groups excluding carboxylic acids is 1. The molecule has 0 spiro atoms. The molecule has 0 saturated carbocycles. The SMILES string of the molecule is COc1ccc(CC(=O)NCCCn2nc(C(F)(F)F)cc2C)cc1. The minimum Gasteiger partial charge on any atom is -0.497 e. The van der Waals surface area contributed by atoms with Gasteiger partial charge in [-0.15, -0.1) is 0 Å². The normalized spacial score (nSPS) is 11.4. The maximum atomic E-state index is 12.6. The Morgan fingerprint density at radius 2 is 1.96 bits per heavy atom. The van der Waals surface area contributed by atoms with Crippen molar-refractivity contribution in [1.82, 2.24) is 15.1 Å². The van der Waals surface area contributed by atoms with E-state index < -0.39 is 11.9 Å². The lowest BCUT2D eigenvalue weighted by molar-refractivity contribution is -0.141. The number of hydrogen-bond acceptors (Lipinski definition) is 3. The Morgan fingerprint density at radius 3 is 2.52 bits per heavy atom. The maximum absolute atomic E-state index is 12.6. The first kappa shape index (κ1) is 18.8. The van der Waals surface area contributed by atoms with Crippen LogP contribution >= 0.6 is 0 Å². The molecule has 136 valence electrons. The highest BCUT2D eigenvalue weighted by Crippen LogP contribution is 2.28. The second kappa shape index (κ2) is 8.04. The van der Waals surface area contributed by atoms with Crippen molar-refractivity contribution in [2.45, 2.75) is 32.5 Å². The summed E-state index contributed by atoms with van der Waals surface area (Å²) in [5.41, 5.74) is 0.404. The Labute approximate surface area is 143 Å². The molecule has 0 aliphatic heterocycles. The van der Waals surface area contributed by atoms with Gasteiger partial charge >= 0.3 is 6.18 Å². The van der Waals surface area contributed by atoms with Crippen LogP contribution in [0.2, 0.25) is 0 Å². The van der Waals surface area contributed by atoms with Crippen LogP contribution in [0.25, 0.3) is 0 Å². The van der Waals surface area contributed by atoms with Crippen molar-refractivity contribution < 1.29 is 22.7 Å². The van der Waals surface area contributed by atoms with Crippen molar-refractivity contribution >= 4 is 5.91 Å². The van der Waals surface area contributed by atoms with Crippen LogP contribution < -0.4 is 10.1 Å². The number of hydrogen-bond donors (Lipinski definition) is 1. The molecule has 5 nitrogen and oxygen atoms in total. The molecule has 0 bridgehead atoms. The molecule has 0 aliphatic carbocycles. The van der Waals surface area contributed by atoms with Crippen molar-refractivity contribution in [2.24, 2.45) is 0 Å². The summed E-state index contributed by atoms with van der Waals surface area (Å²) in [7, 11) is 1.57. The van der Waals surface area contributed by atoms with Crippen LogP contribution in [0.1, 0.15) is 23.4 Å². The van der Waals surface area contributed by atoms with E-state index in [1.807, 2.05) is 12.1 Å². The molecule has 1 amide bonds. The van der Waals surface area contributed by atoms with Crippen molar-refractivity contribution in [3.63, 3.8) is 0 Å². The van der Waals surface area contributed by atoms with Gasteiger partial charge in [-0.1, -0.05) is 12.1 Å². The van der Waals surface area contributed by atoms with Crippen LogP contribution in [0.15, 0.2) is 30.3 Å². The lowest BCUT2D eigenvalue weighted by Crippen LogP contribution is -2.27. The molecule has 0 radical (unpaired) electrons. The zero-order chi connectivity index (χ0) is 18.4. The number of aromatic nitrogens is 2. The molecule has 2 rings (SSSR count). The van der Waals surface area contributed by atoms with Crippen molar-refractivity contribution in [1.29, 1.82) is 0 Å². The van der Waals surface area contributed by atoms with Gasteiger partial charge in [0, 0.05) is 18.8 Å². The number of alkyl halides is 3. The molecule has 0 saturated heterocycles. The summed E-state index contributed by atoms with van der Waals surface area (Å²) >= 11 is 0. The number of methoxy groups -OCH3 is 1. The number of nitrogens with one attached hydrogen (secondary N) is 1. The summed E-state index contributed by atoms with van der Waals surface area (Å²) in [6.07, 6.45) is -3.71. The molecule has 8 heteroatoms. The molecule has 1 aromatic carbocycles. The number of ether oxygens (including phenoxy) is 1. The highest BCUT2D eigenvalue weighted by molar-refractivity contribution is 5.78. The minimum atomic E-state index is -4.44. The van der Waals surface area contributed by atoms with Gasteiger partial charge in [0.25, 0.3) is 0 Å². The van der Waals surface area contributed by atoms with E-state index in [0.717, 1.165) is 17.4 Å². The molecule has 0 atom stereocenters. The van der Waals surface area contributed by atoms with Crippen molar-refractivity contribution in [3.05, 3.63) is 47.3 Å². The molecular formula is C17H20F3N3O2. The van der Waals surface area contributed by atoms with Crippen molar-refractivity contribution in [3.8, 4) is 5.75 Å². The Kier molecular flexibility index (Phi) is 6.06. The molecule has 1 N–H and O–H groups in total. The summed E-state index contributed by atoms with van der Waals surface area (Å²) in [5, 5.41) is 6.30. The zero-order valence-corrected chi connectivity index (χ0v) is 14.1. The molecule has 0 unspecified atom stereocenters. The predicted molar refractivity (Wildman–Crippen MR) is 86.3 cm³/mol. The lowest BCUT2D eigenvalue weighted by Gasteiger charge is -2.07. The topological polar surface area (TPSA) is 56.1 Å². The Bertz CT molecular complexity index is 709. The van der Waals surface area contributed by atoms with Gasteiger partial charge in [0.15, 0.2) is 5.69 Å². The van der Waals surface area contributed by atoms with Gasteiger partial charge < -0.3 is 10.1 Å². The van der Waals surface area contributed by atoms with E-state index in [-0.39, 0.29) is 12.3 Å². The fourth-order valence-corrected chi connectivity index (χ4v) is 2.32. The van der Waals surface area contributed by atoms with Gasteiger partial charge in [-0.2, -0.15) is 18.3 Å². The number of amides is 1. The average Bonchev–Trinajstić information content (AvgIpc) is 2.93. The highest BCUT2D eigenvalue weighted by Gasteiger charge is 2.34. The smallest absolute Gasteiger partial charge is 0.435 e. The van der Waals surface area contributed by atoms with E-state index >= 15 is 0 Å². The fraction of sp³-hybridized carbons (Fsp3) is 0.412. The molecule has 1 aromatic heterocycles. The Morgan fingerprint density at radius 1 is 1.28 bits per heavy atom. The molecule has 0 fully saturated rings. The van der Waals surface area contributed by atoms with Crippen LogP contribution in [0, 0.1) is 6.92 Å². The van der Waals surface area contributed by atoms with Crippen LogP contribution in [-0.2, 0) is 23.9 Å². The quantitative estimate of drug-likeness (QED) is 0.777. The predicted octanol–water partition coefficient (Wildman–Crippen LogP) is 2.97. The van der Waals surface area contributed by atoms with Crippen LogP contribution in [-0.4, -0.2) is 29.3 Å². The van der Waals surface area contributed by atoms with E-state index in [2.05, 4.69) is 10.4 Å². The first-order valence-corrected chi connectivity index (χ1v) is 7.81. The molecule has 2 aromatic rings. The summed E-state index contributed by atoms with van der Waals surface area (Å²) < 4.78 is 44.1. The third-order valence-corrected chi connectivity index (χ3v) is 3.66. The van der Waals surface area contributed by atoms with E-state index in [1.165, 1.54) is 4.68 Å². The highest BCUT2D eigenvalue weighted by atomic mass is 19.4. The lowest BCUT2D eigenvalue weighted by atomic mass is 10.1. The Balaban J connectivity index is 1.75. The van der Waals surface area contributed by atoms with E-state index in [9.17, 15) is 18.0 Å². The molecular weight excluding hydrogens is 335 g/mol. The third kappa shape index (κ3) is 5.51. The first-order chi connectivity index (χ1) is 11.8. The Hall–Kier alpha value is -2.51. The summed E-state index contributed by atoms with van der Waals surface area (Å²) in [4.78, 5) is 11.9. The van der Waals surface area contributed by atoms with Gasteiger partial charge in [-0.3, -0.25) is 9.48 Å². The van der Waals surface area contributed by atoms with Gasteiger partial charge in [0.1, 0.15) is 5.75 Å². The van der Waals surface area contributed by atoms with E-state index in [1.54, 1.807) is 26.2 Å². The van der Waals surface area contributed by atoms with Crippen LogP contribution in [0.3, 0.4) is 0 Å². The second-order valence-electron chi connectivity index (χ2n) is 5.62. The third-order valence-electron chi connectivity index (χ3n) is 3.66. The van der Waals surface area contributed by atoms with Gasteiger partial charge in [0.05, 0.1) is 13.5 Å². The average molecular weight is 355 g/mol. The summed E-state index contributed by atoms with van der Waals surface area (Å²) in [6.45, 7) is 2.25. The molecule has 1 heterocycles. The largest absolute Gasteiger partial charge is 0.497 e. The van der Waals surface area contributed by atoms with Gasteiger partial charge in [-0.05, 0) is 37.1 Å². The number of carbonyl (C=O) groups is 1. The second-order valence-corrected chi connectivity index (χ2v) is 5.62. The maximum Gasteiger partial charge on any atom is 0.435 e. The van der Waals surface area contributed by atoms with Crippen molar-refractivity contribution in [2.75, 3.05) is 13.7 Å². The number of nitrogens with zero attached hydrogens (tertiary/aromatic N) is 2. The van der Waals surface area contributed by atoms with E-state index in [0.29, 0.717) is 25.2 Å². The standard InChI is InChI=1S/C17H20F3N3O2/c1-12-10-15(17(18,19)20)22-23(12)9-3-8-21-16(24)11-13-4-6-14(25-2)7-5-13/h4-7,10H,3,8-9,11H2,1-2H3,(H,21,24). The summed E-state index contributed by atoms with van der Waals surface area (Å²) in [6, 6.07) is 8.19. The first-order valence-electron chi connectivity index (χ1n) is 7.81. The minimum absolute atomic E-state index is 0.140. The fourth-order valence-electron chi connectivity index (χ4n) is 2.32. The number of halogens is 3. The van der Waals surface area contributed by atoms with Crippen LogP contribution in [0.4, 0.5) is 13.2 Å². The van der Waals surface area contributed by atoms with E-state index in [4.69, 9.17) is 4.74 Å². The zero-order valence-electron chi connectivity index (χ0n) is 14.1. The summed E-state index contributed by atoms with van der Waals surface area (Å²) in [5.74, 6) is 0.579. The number of benzene rings is 1. The van der Waals surface area contributed by atoms with Gasteiger partial charge in [-0.25, -0.2) is 0 Å². The van der Waals surface area contributed by atoms with Gasteiger partial charge in [0.2, 0.25) is 5.91 Å². The number of rotatable bonds is 7. The number of aryl methyl sites for hydroxylation is 2. The monoisotopic (exact) mass is 355 g/mol.